The fourth-order valence-corrected chi connectivity index (χ4v) is 2.99. The smallest absolute Gasteiger partial charge is 0.239 e. The number of carbonyl (C=O) groups is 2. The number of morpholine rings is 1. The maximum Gasteiger partial charge on any atom is 0.239 e. The highest BCUT2D eigenvalue weighted by Gasteiger charge is 2.29. The second-order valence-electron chi connectivity index (χ2n) is 5.65. The van der Waals surface area contributed by atoms with Gasteiger partial charge in [-0.05, 0) is 18.6 Å². The predicted octanol–water partition coefficient (Wildman–Crippen LogP) is 0.491. The van der Waals surface area contributed by atoms with E-state index in [2.05, 4.69) is 10.6 Å². The fraction of sp³-hybridized carbons (Fsp3) is 0.500. The van der Waals surface area contributed by atoms with Gasteiger partial charge in [0, 0.05) is 25.3 Å². The summed E-state index contributed by atoms with van der Waals surface area (Å²) in [6.07, 6.45) is 0.307. The van der Waals surface area contributed by atoms with Crippen LogP contribution < -0.4 is 15.5 Å². The van der Waals surface area contributed by atoms with E-state index in [0.717, 1.165) is 11.3 Å². The quantitative estimate of drug-likeness (QED) is 0.837. The van der Waals surface area contributed by atoms with Crippen molar-refractivity contribution in [1.82, 2.24) is 10.6 Å². The molecule has 23 heavy (non-hydrogen) atoms. The molecule has 126 valence electrons. The van der Waals surface area contributed by atoms with E-state index >= 15 is 0 Å². The van der Waals surface area contributed by atoms with E-state index in [-0.39, 0.29) is 36.4 Å². The number of ether oxygens (including phenoxy) is 1. The van der Waals surface area contributed by atoms with Crippen LogP contribution in [0.3, 0.4) is 0 Å². The summed E-state index contributed by atoms with van der Waals surface area (Å²) in [5.41, 5.74) is 2.00. The molecule has 3 rings (SSSR count). The molecule has 2 atom stereocenters. The van der Waals surface area contributed by atoms with E-state index < -0.39 is 0 Å². The van der Waals surface area contributed by atoms with Crippen molar-refractivity contribution < 1.29 is 14.3 Å². The van der Waals surface area contributed by atoms with Crippen molar-refractivity contribution in [2.75, 3.05) is 31.1 Å². The predicted molar refractivity (Wildman–Crippen MR) is 90.0 cm³/mol. The number of fused-ring (bicyclic) bond motifs is 1. The number of hydrogen-bond donors (Lipinski definition) is 2. The zero-order valence-electron chi connectivity index (χ0n) is 13.1. The summed E-state index contributed by atoms with van der Waals surface area (Å²) in [5.74, 6) is 0.00933. The van der Waals surface area contributed by atoms with Crippen LogP contribution in [0.5, 0.6) is 0 Å². The van der Waals surface area contributed by atoms with Gasteiger partial charge in [0.2, 0.25) is 11.8 Å². The normalized spacial score (nSPS) is 23.2. The van der Waals surface area contributed by atoms with E-state index in [4.69, 9.17) is 4.74 Å². The zero-order valence-corrected chi connectivity index (χ0v) is 13.9. The Hall–Kier alpha value is -1.63. The number of hydrogen-bond acceptors (Lipinski definition) is 4. The first-order chi connectivity index (χ1) is 10.7. The van der Waals surface area contributed by atoms with Crippen LogP contribution >= 0.6 is 12.4 Å². The summed E-state index contributed by atoms with van der Waals surface area (Å²) in [4.78, 5) is 25.9. The lowest BCUT2D eigenvalue weighted by Crippen LogP contribution is -2.56. The molecule has 0 spiro atoms. The molecule has 2 amide bonds. The highest BCUT2D eigenvalue weighted by molar-refractivity contribution is 6.01. The fourth-order valence-electron chi connectivity index (χ4n) is 2.99. The van der Waals surface area contributed by atoms with Gasteiger partial charge in [-0.25, -0.2) is 0 Å². The highest BCUT2D eigenvalue weighted by atomic mass is 35.5. The summed E-state index contributed by atoms with van der Waals surface area (Å²) in [5, 5.41) is 6.04. The molecule has 6 nitrogen and oxygen atoms in total. The molecular formula is C16H22ClN3O3. The third-order valence-electron chi connectivity index (χ3n) is 4.16. The summed E-state index contributed by atoms with van der Waals surface area (Å²) >= 11 is 0. The van der Waals surface area contributed by atoms with Gasteiger partial charge in [0.05, 0.1) is 19.1 Å². The Morgan fingerprint density at radius 3 is 3.00 bits per heavy atom. The van der Waals surface area contributed by atoms with Crippen LogP contribution in [0, 0.1) is 0 Å². The Morgan fingerprint density at radius 1 is 1.43 bits per heavy atom. The Labute approximate surface area is 142 Å². The van der Waals surface area contributed by atoms with Crippen molar-refractivity contribution >= 4 is 29.9 Å². The van der Waals surface area contributed by atoms with Crippen molar-refractivity contribution in [3.8, 4) is 0 Å². The largest absolute Gasteiger partial charge is 0.375 e. The molecule has 1 aromatic rings. The molecule has 0 unspecified atom stereocenters. The zero-order chi connectivity index (χ0) is 15.5. The van der Waals surface area contributed by atoms with E-state index in [1.807, 2.05) is 31.2 Å². The SMILES string of the molecule is C[C@H]1OCCN[C@@H]1C(=O)NCCN1C(=O)Cc2ccccc21.Cl. The molecule has 2 N–H and O–H groups in total. The van der Waals surface area contributed by atoms with Gasteiger partial charge in [-0.1, -0.05) is 18.2 Å². The Balaban J connectivity index is 0.00000192. The number of rotatable bonds is 4. The average molecular weight is 340 g/mol. The van der Waals surface area contributed by atoms with E-state index in [1.165, 1.54) is 0 Å². The van der Waals surface area contributed by atoms with Crippen molar-refractivity contribution in [2.24, 2.45) is 0 Å². The van der Waals surface area contributed by atoms with Crippen molar-refractivity contribution in [2.45, 2.75) is 25.5 Å². The van der Waals surface area contributed by atoms with E-state index in [0.29, 0.717) is 32.7 Å². The van der Waals surface area contributed by atoms with Crippen LogP contribution in [0.1, 0.15) is 12.5 Å². The Bertz CT molecular complexity index is 581. The highest BCUT2D eigenvalue weighted by Crippen LogP contribution is 2.27. The van der Waals surface area contributed by atoms with Crippen molar-refractivity contribution in [3.63, 3.8) is 0 Å². The molecule has 0 aliphatic carbocycles. The summed E-state index contributed by atoms with van der Waals surface area (Å²) < 4.78 is 5.47. The molecule has 2 aliphatic rings. The molecule has 2 aliphatic heterocycles. The number of anilines is 1. The first kappa shape index (κ1) is 17.7. The molecule has 0 aromatic heterocycles. The van der Waals surface area contributed by atoms with Gasteiger partial charge in [0.15, 0.2) is 0 Å². The summed E-state index contributed by atoms with van der Waals surface area (Å²) in [6, 6.07) is 7.45. The van der Waals surface area contributed by atoms with Gasteiger partial charge < -0.3 is 20.3 Å². The molecule has 0 saturated carbocycles. The standard InChI is InChI=1S/C16H21N3O3.ClH/c1-11-15(17-7-9-22-11)16(21)18-6-8-19-13-5-3-2-4-12(13)10-14(19)20;/h2-5,11,15,17H,6-10H2,1H3,(H,18,21);1H/t11-,15+;/m1./s1. The van der Waals surface area contributed by atoms with Gasteiger partial charge in [-0.15, -0.1) is 12.4 Å². The molecule has 7 heteroatoms. The second-order valence-corrected chi connectivity index (χ2v) is 5.65. The number of nitrogens with one attached hydrogen (secondary N) is 2. The van der Waals surface area contributed by atoms with Crippen LogP contribution in [0.2, 0.25) is 0 Å². The molecule has 1 aromatic carbocycles. The van der Waals surface area contributed by atoms with Crippen LogP contribution in [-0.2, 0) is 20.7 Å². The van der Waals surface area contributed by atoms with Gasteiger partial charge >= 0.3 is 0 Å². The lowest BCUT2D eigenvalue weighted by atomic mass is 10.1. The minimum Gasteiger partial charge on any atom is -0.375 e. The van der Waals surface area contributed by atoms with Crippen molar-refractivity contribution in [1.29, 1.82) is 0 Å². The number of amides is 2. The van der Waals surface area contributed by atoms with Crippen LogP contribution in [0.4, 0.5) is 5.69 Å². The van der Waals surface area contributed by atoms with E-state index in [1.54, 1.807) is 4.90 Å². The summed E-state index contributed by atoms with van der Waals surface area (Å²) in [6.45, 7) is 4.12. The van der Waals surface area contributed by atoms with Gasteiger partial charge in [0.1, 0.15) is 6.04 Å². The molecule has 1 fully saturated rings. The van der Waals surface area contributed by atoms with Gasteiger partial charge in [-0.3, -0.25) is 9.59 Å². The molecule has 0 bridgehead atoms. The topological polar surface area (TPSA) is 70.7 Å². The number of benzene rings is 1. The molecule has 1 saturated heterocycles. The van der Waals surface area contributed by atoms with E-state index in [9.17, 15) is 9.59 Å². The minimum atomic E-state index is -0.324. The second kappa shape index (κ2) is 7.77. The third kappa shape index (κ3) is 3.83. The van der Waals surface area contributed by atoms with Gasteiger partial charge in [0.25, 0.3) is 0 Å². The monoisotopic (exact) mass is 339 g/mol. The van der Waals surface area contributed by atoms with Crippen molar-refractivity contribution in [3.05, 3.63) is 29.8 Å². The first-order valence-electron chi connectivity index (χ1n) is 7.68. The lowest BCUT2D eigenvalue weighted by Gasteiger charge is -2.29. The Morgan fingerprint density at radius 2 is 2.22 bits per heavy atom. The molecule has 0 radical (unpaired) electrons. The maximum atomic E-state index is 12.2. The number of halogens is 1. The average Bonchev–Trinajstić information content (AvgIpc) is 2.83. The Kier molecular flexibility index (Phi) is 5.98. The van der Waals surface area contributed by atoms with Crippen LogP contribution in [0.25, 0.3) is 0 Å². The van der Waals surface area contributed by atoms with Crippen LogP contribution in [0.15, 0.2) is 24.3 Å². The number of nitrogens with zero attached hydrogens (tertiary/aromatic N) is 1. The molecule has 2 heterocycles. The maximum absolute atomic E-state index is 12.2. The lowest BCUT2D eigenvalue weighted by molar-refractivity contribution is -0.129. The number of para-hydroxylation sites is 1. The van der Waals surface area contributed by atoms with Gasteiger partial charge in [-0.2, -0.15) is 0 Å². The van der Waals surface area contributed by atoms with Crippen LogP contribution in [-0.4, -0.2) is 50.2 Å². The third-order valence-corrected chi connectivity index (χ3v) is 4.16. The minimum absolute atomic E-state index is 0. The number of carbonyl (C=O) groups excluding carboxylic acids is 2. The summed E-state index contributed by atoms with van der Waals surface area (Å²) in [7, 11) is 0. The molecular weight excluding hydrogens is 318 g/mol. The first-order valence-corrected chi connectivity index (χ1v) is 7.68.